The summed E-state index contributed by atoms with van der Waals surface area (Å²) in [5.41, 5.74) is 0. The third-order valence-corrected chi connectivity index (χ3v) is 4.71. The van der Waals surface area contributed by atoms with Gasteiger partial charge in [-0.05, 0) is 40.3 Å². The summed E-state index contributed by atoms with van der Waals surface area (Å²) in [5.74, 6) is 0. The molecule has 0 saturated heterocycles. The van der Waals surface area contributed by atoms with E-state index in [1.54, 1.807) is 6.92 Å². The van der Waals surface area contributed by atoms with Gasteiger partial charge in [0.2, 0.25) is 0 Å². The topological polar surface area (TPSA) is 57.6 Å². The Kier molecular flexibility index (Phi) is 6.40. The number of hydrogen-bond acceptors (Lipinski definition) is 4. The van der Waals surface area contributed by atoms with Crippen LogP contribution in [0.2, 0.25) is 0 Å². The molecule has 92 valence electrons. The van der Waals surface area contributed by atoms with Gasteiger partial charge < -0.3 is 10.0 Å². The molecule has 15 heavy (non-hydrogen) atoms. The fourth-order valence-electron chi connectivity index (χ4n) is 1.39. The van der Waals surface area contributed by atoms with Gasteiger partial charge in [-0.25, -0.2) is 8.42 Å². The zero-order valence-corrected chi connectivity index (χ0v) is 10.9. The summed E-state index contributed by atoms with van der Waals surface area (Å²) in [6, 6.07) is 0.0127. The van der Waals surface area contributed by atoms with Crippen molar-refractivity contribution in [2.45, 2.75) is 38.0 Å². The van der Waals surface area contributed by atoms with Crippen molar-refractivity contribution in [3.05, 3.63) is 0 Å². The van der Waals surface area contributed by atoms with Crippen LogP contribution in [0.15, 0.2) is 0 Å². The highest BCUT2D eigenvalue weighted by molar-refractivity contribution is 7.91. The standard InChI is InChI=1S/C10H23NO3S/c1-9(10(2)15(4,13)14)11(3)7-5-6-8-12/h9-10,12H,5-8H2,1-4H3. The molecule has 0 aromatic carbocycles. The van der Waals surface area contributed by atoms with Crippen molar-refractivity contribution < 1.29 is 13.5 Å². The zero-order chi connectivity index (χ0) is 12.1. The first-order valence-corrected chi connectivity index (χ1v) is 7.26. The van der Waals surface area contributed by atoms with Gasteiger partial charge >= 0.3 is 0 Å². The number of aliphatic hydroxyl groups excluding tert-OH is 1. The fourth-order valence-corrected chi connectivity index (χ4v) is 2.32. The number of aliphatic hydroxyl groups is 1. The van der Waals surface area contributed by atoms with Crippen molar-refractivity contribution >= 4 is 9.84 Å². The van der Waals surface area contributed by atoms with E-state index in [2.05, 4.69) is 0 Å². The molecule has 0 fully saturated rings. The van der Waals surface area contributed by atoms with Gasteiger partial charge in [-0.3, -0.25) is 0 Å². The normalized spacial score (nSPS) is 16.7. The molecule has 0 aliphatic carbocycles. The van der Waals surface area contributed by atoms with Gasteiger partial charge in [-0.15, -0.1) is 0 Å². The Bertz CT molecular complexity index is 264. The molecular formula is C10H23NO3S. The molecule has 0 rings (SSSR count). The van der Waals surface area contributed by atoms with Crippen molar-refractivity contribution in [2.24, 2.45) is 0 Å². The van der Waals surface area contributed by atoms with Crippen molar-refractivity contribution in [1.29, 1.82) is 0 Å². The highest BCUT2D eigenvalue weighted by Crippen LogP contribution is 2.10. The summed E-state index contributed by atoms with van der Waals surface area (Å²) in [4.78, 5) is 2.03. The third-order valence-electron chi connectivity index (χ3n) is 2.97. The van der Waals surface area contributed by atoms with E-state index in [1.807, 2.05) is 18.9 Å². The van der Waals surface area contributed by atoms with Crippen LogP contribution in [0.5, 0.6) is 0 Å². The Morgan fingerprint density at radius 2 is 1.80 bits per heavy atom. The summed E-state index contributed by atoms with van der Waals surface area (Å²) in [7, 11) is -1.05. The van der Waals surface area contributed by atoms with Crippen LogP contribution in [0.4, 0.5) is 0 Å². The molecule has 0 heterocycles. The summed E-state index contributed by atoms with van der Waals surface area (Å²) in [6.45, 7) is 4.68. The quantitative estimate of drug-likeness (QED) is 0.656. The van der Waals surface area contributed by atoms with Crippen LogP contribution in [-0.4, -0.2) is 56.2 Å². The van der Waals surface area contributed by atoms with E-state index in [4.69, 9.17) is 5.11 Å². The lowest BCUT2D eigenvalue weighted by Gasteiger charge is -2.28. The van der Waals surface area contributed by atoms with Crippen molar-refractivity contribution in [3.8, 4) is 0 Å². The Balaban J connectivity index is 4.14. The first-order chi connectivity index (χ1) is 6.80. The summed E-state index contributed by atoms with van der Waals surface area (Å²) in [6.07, 6.45) is 2.94. The highest BCUT2D eigenvalue weighted by Gasteiger charge is 2.24. The minimum absolute atomic E-state index is 0.0127. The van der Waals surface area contributed by atoms with E-state index in [0.717, 1.165) is 19.4 Å². The Hall–Kier alpha value is -0.130. The maximum atomic E-state index is 11.3. The molecule has 4 nitrogen and oxygen atoms in total. The predicted octanol–water partition coefficient (Wildman–Crippen LogP) is 0.512. The van der Waals surface area contributed by atoms with Crippen LogP contribution < -0.4 is 0 Å². The fraction of sp³-hybridized carbons (Fsp3) is 1.00. The molecule has 0 aromatic heterocycles. The molecule has 2 unspecified atom stereocenters. The number of unbranched alkanes of at least 4 members (excludes halogenated alkanes) is 1. The van der Waals surface area contributed by atoms with Gasteiger partial charge in [-0.1, -0.05) is 0 Å². The molecule has 0 aliphatic heterocycles. The number of sulfone groups is 1. The van der Waals surface area contributed by atoms with Crippen molar-refractivity contribution in [1.82, 2.24) is 4.90 Å². The molecule has 1 N–H and O–H groups in total. The lowest BCUT2D eigenvalue weighted by molar-refractivity contribution is 0.229. The Labute approximate surface area is 93.2 Å². The van der Waals surface area contributed by atoms with Crippen molar-refractivity contribution in [3.63, 3.8) is 0 Å². The number of hydrogen-bond donors (Lipinski definition) is 1. The average Bonchev–Trinajstić information content (AvgIpc) is 2.14. The molecule has 0 aromatic rings. The van der Waals surface area contributed by atoms with Crippen LogP contribution in [0.3, 0.4) is 0 Å². The maximum absolute atomic E-state index is 11.3. The molecule has 0 amide bonds. The molecule has 0 bridgehead atoms. The molecule has 5 heteroatoms. The van der Waals surface area contributed by atoms with Crippen LogP contribution in [0.1, 0.15) is 26.7 Å². The molecule has 2 atom stereocenters. The SMILES string of the molecule is CC(C(C)S(C)(=O)=O)N(C)CCCCO. The average molecular weight is 237 g/mol. The van der Waals surface area contributed by atoms with E-state index in [-0.39, 0.29) is 17.9 Å². The number of rotatable bonds is 7. The summed E-state index contributed by atoms with van der Waals surface area (Å²) >= 11 is 0. The minimum Gasteiger partial charge on any atom is -0.396 e. The van der Waals surface area contributed by atoms with Gasteiger partial charge in [0, 0.05) is 18.9 Å². The first kappa shape index (κ1) is 14.9. The monoisotopic (exact) mass is 237 g/mol. The molecule has 0 spiro atoms. The summed E-state index contributed by atoms with van der Waals surface area (Å²) in [5, 5.41) is 8.29. The van der Waals surface area contributed by atoms with Gasteiger partial charge in [0.25, 0.3) is 0 Å². The van der Waals surface area contributed by atoms with E-state index in [1.165, 1.54) is 6.26 Å². The van der Waals surface area contributed by atoms with E-state index < -0.39 is 9.84 Å². The maximum Gasteiger partial charge on any atom is 0.151 e. The zero-order valence-electron chi connectivity index (χ0n) is 10.1. The van der Waals surface area contributed by atoms with Crippen LogP contribution in [0.25, 0.3) is 0 Å². The largest absolute Gasteiger partial charge is 0.396 e. The van der Waals surface area contributed by atoms with Gasteiger partial charge in [0.1, 0.15) is 0 Å². The van der Waals surface area contributed by atoms with Gasteiger partial charge in [0.15, 0.2) is 9.84 Å². The Morgan fingerprint density at radius 1 is 1.27 bits per heavy atom. The second-order valence-corrected chi connectivity index (χ2v) is 6.59. The highest BCUT2D eigenvalue weighted by atomic mass is 32.2. The second kappa shape index (κ2) is 6.45. The molecule has 0 saturated carbocycles. The molecule has 0 aliphatic rings. The van der Waals surface area contributed by atoms with Crippen LogP contribution in [-0.2, 0) is 9.84 Å². The third kappa shape index (κ3) is 5.49. The van der Waals surface area contributed by atoms with E-state index >= 15 is 0 Å². The smallest absolute Gasteiger partial charge is 0.151 e. The van der Waals surface area contributed by atoms with Crippen LogP contribution in [0, 0.1) is 0 Å². The Morgan fingerprint density at radius 3 is 2.20 bits per heavy atom. The lowest BCUT2D eigenvalue weighted by Crippen LogP contribution is -2.41. The van der Waals surface area contributed by atoms with Gasteiger partial charge in [-0.2, -0.15) is 0 Å². The minimum atomic E-state index is -2.97. The molecular weight excluding hydrogens is 214 g/mol. The predicted molar refractivity (Wildman–Crippen MR) is 62.7 cm³/mol. The van der Waals surface area contributed by atoms with Crippen molar-refractivity contribution in [2.75, 3.05) is 26.5 Å². The molecule has 0 radical (unpaired) electrons. The van der Waals surface area contributed by atoms with Crippen LogP contribution >= 0.6 is 0 Å². The first-order valence-electron chi connectivity index (χ1n) is 5.30. The van der Waals surface area contributed by atoms with E-state index in [9.17, 15) is 8.42 Å². The van der Waals surface area contributed by atoms with E-state index in [0.29, 0.717) is 0 Å². The second-order valence-electron chi connectivity index (χ2n) is 4.19. The van der Waals surface area contributed by atoms with Gasteiger partial charge in [0.05, 0.1) is 5.25 Å². The summed E-state index contributed by atoms with van der Waals surface area (Å²) < 4.78 is 22.7. The lowest BCUT2D eigenvalue weighted by atomic mass is 10.2. The number of nitrogens with zero attached hydrogens (tertiary/aromatic N) is 1.